The first-order chi connectivity index (χ1) is 9.90. The van der Waals surface area contributed by atoms with Crippen LogP contribution in [0.4, 0.5) is 13.9 Å². The van der Waals surface area contributed by atoms with E-state index in [0.29, 0.717) is 0 Å². The molecule has 0 unspecified atom stereocenters. The normalized spacial score (nSPS) is 10.3. The maximum absolute atomic E-state index is 13.5. The van der Waals surface area contributed by atoms with E-state index in [1.54, 1.807) is 14.1 Å². The summed E-state index contributed by atoms with van der Waals surface area (Å²) in [4.78, 5) is 28.7. The average molecular weight is 311 g/mol. The SMILES string of the molecule is CN(C)C(=O)c1csc(NC(=O)c2c(F)cccc2F)n1. The van der Waals surface area contributed by atoms with Gasteiger partial charge >= 0.3 is 0 Å². The first kappa shape index (κ1) is 15.0. The van der Waals surface area contributed by atoms with E-state index in [1.807, 2.05) is 0 Å². The molecule has 0 saturated carbocycles. The molecule has 1 heterocycles. The van der Waals surface area contributed by atoms with Crippen molar-refractivity contribution in [1.82, 2.24) is 9.88 Å². The molecule has 5 nitrogen and oxygen atoms in total. The Balaban J connectivity index is 2.19. The van der Waals surface area contributed by atoms with Gasteiger partial charge in [0.2, 0.25) is 0 Å². The second kappa shape index (κ2) is 5.96. The van der Waals surface area contributed by atoms with Gasteiger partial charge in [0.15, 0.2) is 5.13 Å². The molecule has 2 aromatic rings. The van der Waals surface area contributed by atoms with E-state index < -0.39 is 23.1 Å². The molecule has 110 valence electrons. The average Bonchev–Trinajstić information content (AvgIpc) is 2.85. The molecule has 0 aliphatic carbocycles. The lowest BCUT2D eigenvalue weighted by atomic mass is 10.2. The largest absolute Gasteiger partial charge is 0.343 e. The lowest BCUT2D eigenvalue weighted by molar-refractivity contribution is 0.0822. The molecule has 0 spiro atoms. The van der Waals surface area contributed by atoms with E-state index in [1.165, 1.54) is 16.3 Å². The highest BCUT2D eigenvalue weighted by molar-refractivity contribution is 7.14. The third-order valence-electron chi connectivity index (χ3n) is 2.54. The maximum Gasteiger partial charge on any atom is 0.272 e. The van der Waals surface area contributed by atoms with Crippen molar-refractivity contribution in [3.8, 4) is 0 Å². The molecule has 2 rings (SSSR count). The highest BCUT2D eigenvalue weighted by Gasteiger charge is 2.19. The van der Waals surface area contributed by atoms with Gasteiger partial charge in [-0.05, 0) is 12.1 Å². The molecule has 0 bridgehead atoms. The van der Waals surface area contributed by atoms with Crippen molar-refractivity contribution in [3.05, 3.63) is 46.5 Å². The number of hydrogen-bond donors (Lipinski definition) is 1. The molecule has 1 aromatic heterocycles. The Morgan fingerprint density at radius 1 is 1.24 bits per heavy atom. The quantitative estimate of drug-likeness (QED) is 0.946. The maximum atomic E-state index is 13.5. The second-order valence-electron chi connectivity index (χ2n) is 4.29. The fourth-order valence-corrected chi connectivity index (χ4v) is 2.21. The molecule has 0 atom stereocenters. The van der Waals surface area contributed by atoms with E-state index in [0.717, 1.165) is 23.5 Å². The number of anilines is 1. The summed E-state index contributed by atoms with van der Waals surface area (Å²) in [6.45, 7) is 0. The van der Waals surface area contributed by atoms with Crippen LogP contribution in [0.2, 0.25) is 0 Å². The van der Waals surface area contributed by atoms with E-state index >= 15 is 0 Å². The summed E-state index contributed by atoms with van der Waals surface area (Å²) in [6, 6.07) is 3.14. The molecule has 0 radical (unpaired) electrons. The molecule has 0 aliphatic rings. The summed E-state index contributed by atoms with van der Waals surface area (Å²) >= 11 is 0.995. The Hall–Kier alpha value is -2.35. The standard InChI is InChI=1S/C13H11F2N3O2S/c1-18(2)12(20)9-6-21-13(16-9)17-11(19)10-7(14)4-3-5-8(10)15/h3-6H,1-2H3,(H,16,17,19). The van der Waals surface area contributed by atoms with E-state index in [2.05, 4.69) is 10.3 Å². The van der Waals surface area contributed by atoms with E-state index in [-0.39, 0.29) is 16.7 Å². The minimum atomic E-state index is -0.964. The third kappa shape index (κ3) is 3.22. The van der Waals surface area contributed by atoms with Gasteiger partial charge in [-0.1, -0.05) is 6.07 Å². The fourth-order valence-electron chi connectivity index (χ4n) is 1.53. The zero-order valence-electron chi connectivity index (χ0n) is 11.2. The van der Waals surface area contributed by atoms with Crippen LogP contribution in [-0.2, 0) is 0 Å². The molecule has 0 saturated heterocycles. The first-order valence-corrected chi connectivity index (χ1v) is 6.70. The molecule has 21 heavy (non-hydrogen) atoms. The monoisotopic (exact) mass is 311 g/mol. The van der Waals surface area contributed by atoms with Gasteiger partial charge in [0.05, 0.1) is 0 Å². The Kier molecular flexibility index (Phi) is 4.27. The lowest BCUT2D eigenvalue weighted by Gasteiger charge is -2.07. The number of nitrogens with one attached hydrogen (secondary N) is 1. The van der Waals surface area contributed by atoms with Crippen molar-refractivity contribution in [2.24, 2.45) is 0 Å². The second-order valence-corrected chi connectivity index (χ2v) is 5.15. The van der Waals surface area contributed by atoms with Gasteiger partial charge in [0.1, 0.15) is 22.9 Å². The zero-order chi connectivity index (χ0) is 15.6. The molecule has 2 amide bonds. The molecule has 1 N–H and O–H groups in total. The molecule has 0 fully saturated rings. The summed E-state index contributed by atoms with van der Waals surface area (Å²) in [6.07, 6.45) is 0. The zero-order valence-corrected chi connectivity index (χ0v) is 12.0. The summed E-state index contributed by atoms with van der Waals surface area (Å²) in [5.41, 5.74) is -0.539. The number of carbonyl (C=O) groups excluding carboxylic acids is 2. The van der Waals surface area contributed by atoms with Crippen LogP contribution in [0.25, 0.3) is 0 Å². The van der Waals surface area contributed by atoms with Crippen molar-refractivity contribution < 1.29 is 18.4 Å². The minimum absolute atomic E-state index is 0.0906. The molecular weight excluding hydrogens is 300 g/mol. The van der Waals surface area contributed by atoms with Gasteiger partial charge in [-0.2, -0.15) is 0 Å². The number of aromatic nitrogens is 1. The van der Waals surface area contributed by atoms with Crippen molar-refractivity contribution in [3.63, 3.8) is 0 Å². The fraction of sp³-hybridized carbons (Fsp3) is 0.154. The summed E-state index contributed by atoms with van der Waals surface area (Å²) < 4.78 is 26.9. The van der Waals surface area contributed by atoms with Crippen LogP contribution in [0.5, 0.6) is 0 Å². The van der Waals surface area contributed by atoms with E-state index in [9.17, 15) is 18.4 Å². The van der Waals surface area contributed by atoms with Gasteiger partial charge in [-0.3, -0.25) is 14.9 Å². The van der Waals surface area contributed by atoms with Crippen LogP contribution in [0, 0.1) is 11.6 Å². The minimum Gasteiger partial charge on any atom is -0.343 e. The molecule has 0 aliphatic heterocycles. The Morgan fingerprint density at radius 2 is 1.86 bits per heavy atom. The number of rotatable bonds is 3. The molecular formula is C13H11F2N3O2S. The molecule has 8 heteroatoms. The number of carbonyl (C=O) groups is 2. The number of benzene rings is 1. The summed E-state index contributed by atoms with van der Waals surface area (Å²) in [5, 5.41) is 3.82. The smallest absolute Gasteiger partial charge is 0.272 e. The first-order valence-electron chi connectivity index (χ1n) is 5.82. The summed E-state index contributed by atoms with van der Waals surface area (Å²) in [7, 11) is 3.13. The number of amides is 2. The van der Waals surface area contributed by atoms with Crippen LogP contribution in [0.3, 0.4) is 0 Å². The highest BCUT2D eigenvalue weighted by Crippen LogP contribution is 2.19. The predicted molar refractivity (Wildman–Crippen MR) is 74.4 cm³/mol. The predicted octanol–water partition coefficient (Wildman–Crippen LogP) is 2.38. The topological polar surface area (TPSA) is 62.3 Å². The van der Waals surface area contributed by atoms with Gasteiger partial charge < -0.3 is 4.90 Å². The molecule has 1 aromatic carbocycles. The number of halogens is 2. The lowest BCUT2D eigenvalue weighted by Crippen LogP contribution is -2.22. The third-order valence-corrected chi connectivity index (χ3v) is 3.30. The van der Waals surface area contributed by atoms with Crippen LogP contribution < -0.4 is 5.32 Å². The van der Waals surface area contributed by atoms with Crippen molar-refractivity contribution in [1.29, 1.82) is 0 Å². The van der Waals surface area contributed by atoms with Crippen molar-refractivity contribution in [2.45, 2.75) is 0 Å². The summed E-state index contributed by atoms with van der Waals surface area (Å²) in [5.74, 6) is -3.21. The van der Waals surface area contributed by atoms with Crippen LogP contribution in [0.15, 0.2) is 23.6 Å². The van der Waals surface area contributed by atoms with Crippen molar-refractivity contribution >= 4 is 28.3 Å². The van der Waals surface area contributed by atoms with Crippen LogP contribution in [-0.4, -0.2) is 35.8 Å². The highest BCUT2D eigenvalue weighted by atomic mass is 32.1. The van der Waals surface area contributed by atoms with Gasteiger partial charge in [0, 0.05) is 19.5 Å². The number of thiazole rings is 1. The number of nitrogens with zero attached hydrogens (tertiary/aromatic N) is 2. The van der Waals surface area contributed by atoms with Crippen molar-refractivity contribution in [2.75, 3.05) is 19.4 Å². The Morgan fingerprint density at radius 3 is 2.43 bits per heavy atom. The van der Waals surface area contributed by atoms with Crippen LogP contribution in [0.1, 0.15) is 20.8 Å². The van der Waals surface area contributed by atoms with Gasteiger partial charge in [-0.15, -0.1) is 11.3 Å². The van der Waals surface area contributed by atoms with E-state index in [4.69, 9.17) is 0 Å². The van der Waals surface area contributed by atoms with Crippen LogP contribution >= 0.6 is 11.3 Å². The Labute approximate surface area is 123 Å². The van der Waals surface area contributed by atoms with Gasteiger partial charge in [0.25, 0.3) is 11.8 Å². The Bertz CT molecular complexity index is 680. The van der Waals surface area contributed by atoms with Gasteiger partial charge in [-0.25, -0.2) is 13.8 Å². The number of hydrogen-bond acceptors (Lipinski definition) is 4.